The normalized spacial score (nSPS) is 14.6. The van der Waals surface area contributed by atoms with Crippen molar-refractivity contribution in [3.63, 3.8) is 0 Å². The van der Waals surface area contributed by atoms with E-state index in [1.54, 1.807) is 0 Å². The third-order valence-corrected chi connectivity index (χ3v) is 8.21. The third-order valence-electron chi connectivity index (χ3n) is 6.42. The predicted molar refractivity (Wildman–Crippen MR) is 192 cm³/mol. The monoisotopic (exact) mass is 767 g/mol. The van der Waals surface area contributed by atoms with Crippen LogP contribution in [-0.2, 0) is 42.7 Å². The van der Waals surface area contributed by atoms with E-state index in [-0.39, 0.29) is 48.8 Å². The first-order chi connectivity index (χ1) is 22.0. The molecule has 0 aliphatic heterocycles. The number of ether oxygens (including phenoxy) is 3. The van der Waals surface area contributed by atoms with E-state index in [1.165, 1.54) is 0 Å². The molecular weight excluding hydrogens is 693 g/mol. The molecule has 50 heavy (non-hydrogen) atoms. The van der Waals surface area contributed by atoms with Gasteiger partial charge in [-0.3, -0.25) is 4.57 Å². The van der Waals surface area contributed by atoms with Gasteiger partial charge in [0, 0.05) is 24.6 Å². The lowest BCUT2D eigenvalue weighted by atomic mass is 10.2. The zero-order valence-corrected chi connectivity index (χ0v) is 36.0. The first-order valence-electron chi connectivity index (χ1n) is 17.0. The number of aliphatic carboxylic acids is 1. The van der Waals surface area contributed by atoms with Gasteiger partial charge in [-0.15, -0.1) is 0 Å². The van der Waals surface area contributed by atoms with Crippen molar-refractivity contribution >= 4 is 23.9 Å². The molecule has 0 aliphatic carbocycles. The van der Waals surface area contributed by atoms with Gasteiger partial charge in [-0.25, -0.2) is 8.42 Å². The molecule has 0 aromatic heterocycles. The summed E-state index contributed by atoms with van der Waals surface area (Å²) in [6.45, 7) is 22.7. The van der Waals surface area contributed by atoms with Crippen LogP contribution in [0.25, 0.3) is 0 Å². The van der Waals surface area contributed by atoms with Gasteiger partial charge in [0.1, 0.15) is 26.2 Å². The van der Waals surface area contributed by atoms with Crippen LogP contribution in [0.5, 0.6) is 0 Å². The van der Waals surface area contributed by atoms with Gasteiger partial charge < -0.3 is 56.1 Å². The molecule has 304 valence electrons. The highest BCUT2D eigenvalue weighted by atomic mass is 32.2. The lowest BCUT2D eigenvalue weighted by Gasteiger charge is -2.31. The Bertz CT molecular complexity index is 1080. The van der Waals surface area contributed by atoms with Crippen molar-refractivity contribution < 1.29 is 69.0 Å². The summed E-state index contributed by atoms with van der Waals surface area (Å²) >= 11 is 0. The van der Waals surface area contributed by atoms with Crippen molar-refractivity contribution in [2.45, 2.75) is 92.0 Å². The number of phosphoric acid groups is 1. The summed E-state index contributed by atoms with van der Waals surface area (Å²) in [4.78, 5) is 21.7. The van der Waals surface area contributed by atoms with Crippen molar-refractivity contribution in [1.29, 1.82) is 0 Å². The number of likely N-dealkylation sites (N-methyl/N-ethyl adjacent to an activating group) is 3. The zero-order chi connectivity index (χ0) is 40.3. The molecule has 0 amide bonds. The molecule has 0 N–H and O–H groups in total. The molecule has 0 saturated heterocycles. The number of hydrogen-bond acceptors (Lipinski definition) is 12. The van der Waals surface area contributed by atoms with Crippen molar-refractivity contribution in [3.8, 4) is 0 Å². The van der Waals surface area contributed by atoms with E-state index in [2.05, 4.69) is 4.52 Å². The Morgan fingerprint density at radius 2 is 1.00 bits per heavy atom. The number of carbonyl (C=O) groups excluding carboxylic acids is 1. The summed E-state index contributed by atoms with van der Waals surface area (Å²) in [6.07, 6.45) is 0.497. The topological polar surface area (TPSA) is 184 Å². The Balaban J connectivity index is -0.000000666. The van der Waals surface area contributed by atoms with Crippen LogP contribution in [0.1, 0.15) is 75.2 Å². The molecule has 1 unspecified atom stereocenters. The average molecular weight is 768 g/mol. The van der Waals surface area contributed by atoms with E-state index < -0.39 is 23.9 Å². The standard InChI is InChI=1S/C11H26NO5P.C11H25NO4S.C11H23NO3/c1-11(2,3)15-9-10-17-18(13,14)16-8-7-12(4,5)6;1-11(2,3)16-9-8-12(4,5)7-6-10-17(13,14)15;1-11(2,3)15-9-8-12(4,5)7-6-10(13)14/h7-10H2,1-6H3;6-10H2,1-5H3;6-9H2,1-5H3. The number of quaternary nitrogens is 3. The van der Waals surface area contributed by atoms with Gasteiger partial charge in [0.05, 0.1) is 116 Å². The number of carboxylic acids is 1. The summed E-state index contributed by atoms with van der Waals surface area (Å²) in [5, 5.41) is 10.3. The summed E-state index contributed by atoms with van der Waals surface area (Å²) in [6, 6.07) is 0. The predicted octanol–water partition coefficient (Wildman–Crippen LogP) is 1.84. The van der Waals surface area contributed by atoms with Crippen molar-refractivity contribution in [2.75, 3.05) is 121 Å². The van der Waals surface area contributed by atoms with E-state index in [1.807, 2.05) is 112 Å². The molecule has 0 bridgehead atoms. The maximum Gasteiger partial charge on any atom is 0.268 e. The Hall–Kier alpha value is -0.750. The summed E-state index contributed by atoms with van der Waals surface area (Å²) in [5.41, 5.74) is -0.590. The molecule has 17 heteroatoms. The number of phosphoric ester groups is 1. The number of carboxylic acid groups (broad SMARTS) is 1. The van der Waals surface area contributed by atoms with Crippen LogP contribution in [-0.4, -0.2) is 170 Å². The fraction of sp³-hybridized carbons (Fsp3) is 0.970. The van der Waals surface area contributed by atoms with Gasteiger partial charge in [0.25, 0.3) is 7.82 Å². The number of hydrogen-bond donors (Lipinski definition) is 0. The SMILES string of the molecule is CC(C)(C)OCCOP(=O)([O-])OCC[N+](C)(C)C.CC(C)(C)OCC[N+](C)(C)CCC(=O)[O-].CC(C)(C)OCC[N+](C)(C)CCCS(=O)(=O)[O-]. The first kappa shape index (κ1) is 53.6. The molecule has 0 aromatic carbocycles. The van der Waals surface area contributed by atoms with Gasteiger partial charge in [-0.1, -0.05) is 0 Å². The molecule has 0 spiro atoms. The molecule has 15 nitrogen and oxygen atoms in total. The number of rotatable bonds is 21. The van der Waals surface area contributed by atoms with Crippen LogP contribution in [0, 0.1) is 0 Å². The highest BCUT2D eigenvalue weighted by Crippen LogP contribution is 2.37. The van der Waals surface area contributed by atoms with Crippen LogP contribution >= 0.6 is 7.82 Å². The number of nitrogens with zero attached hydrogens (tertiary/aromatic N) is 3. The van der Waals surface area contributed by atoms with Crippen molar-refractivity contribution in [1.82, 2.24) is 0 Å². The van der Waals surface area contributed by atoms with Crippen molar-refractivity contribution in [2.24, 2.45) is 0 Å². The molecular formula is C33H74N3O12PS. The minimum atomic E-state index is -4.20. The van der Waals surface area contributed by atoms with Gasteiger partial charge in [0.2, 0.25) is 0 Å². The summed E-state index contributed by atoms with van der Waals surface area (Å²) in [7, 11) is 5.58. The van der Waals surface area contributed by atoms with Crippen molar-refractivity contribution in [3.05, 3.63) is 0 Å². The molecule has 0 rings (SSSR count). The fourth-order valence-electron chi connectivity index (χ4n) is 3.45. The van der Waals surface area contributed by atoms with E-state index in [9.17, 15) is 32.3 Å². The summed E-state index contributed by atoms with van der Waals surface area (Å²) in [5.74, 6) is -1.27. The average Bonchev–Trinajstić information content (AvgIpc) is 2.82. The Morgan fingerprint density at radius 3 is 1.36 bits per heavy atom. The van der Waals surface area contributed by atoms with Gasteiger partial charge in [-0.05, 0) is 62.3 Å². The minimum Gasteiger partial charge on any atom is -0.756 e. The van der Waals surface area contributed by atoms with Crippen LogP contribution in [0.3, 0.4) is 0 Å². The largest absolute Gasteiger partial charge is 0.756 e. The molecule has 0 aromatic rings. The second-order valence-corrected chi connectivity index (χ2v) is 20.4. The van der Waals surface area contributed by atoms with E-state index in [0.717, 1.165) is 13.1 Å². The van der Waals surface area contributed by atoms with E-state index in [0.29, 0.717) is 52.7 Å². The maximum absolute atomic E-state index is 11.4. The minimum absolute atomic E-state index is 0.0254. The van der Waals surface area contributed by atoms with Gasteiger partial charge >= 0.3 is 0 Å². The Kier molecular flexibility index (Phi) is 24.8. The summed E-state index contributed by atoms with van der Waals surface area (Å²) < 4.78 is 70.7. The van der Waals surface area contributed by atoms with Crippen LogP contribution in [0.2, 0.25) is 0 Å². The second kappa shape index (κ2) is 23.1. The molecule has 0 fully saturated rings. The molecule has 1 atom stereocenters. The van der Waals surface area contributed by atoms with Crippen LogP contribution in [0.15, 0.2) is 0 Å². The van der Waals surface area contributed by atoms with Gasteiger partial charge in [-0.2, -0.15) is 0 Å². The maximum atomic E-state index is 11.4. The van der Waals surface area contributed by atoms with Gasteiger partial charge in [0.15, 0.2) is 0 Å². The van der Waals surface area contributed by atoms with Crippen LogP contribution < -0.4 is 10.00 Å². The number of carbonyl (C=O) groups is 1. The van der Waals surface area contributed by atoms with E-state index >= 15 is 0 Å². The Labute approximate surface area is 305 Å². The molecule has 0 heterocycles. The molecule has 0 aliphatic rings. The first-order valence-corrected chi connectivity index (χ1v) is 20.1. The lowest BCUT2D eigenvalue weighted by Crippen LogP contribution is -2.45. The van der Waals surface area contributed by atoms with E-state index in [4.69, 9.17) is 18.7 Å². The second-order valence-electron chi connectivity index (χ2n) is 17.5. The molecule has 0 saturated carbocycles. The third kappa shape index (κ3) is 47.2. The fourth-order valence-corrected chi connectivity index (χ4v) is 4.61. The highest BCUT2D eigenvalue weighted by Gasteiger charge is 2.19. The Morgan fingerprint density at radius 1 is 0.620 bits per heavy atom. The zero-order valence-electron chi connectivity index (χ0n) is 34.3. The smallest absolute Gasteiger partial charge is 0.268 e. The lowest BCUT2D eigenvalue weighted by molar-refractivity contribution is -0.890. The molecule has 0 radical (unpaired) electrons. The quantitative estimate of drug-likeness (QED) is 0.0716. The highest BCUT2D eigenvalue weighted by molar-refractivity contribution is 7.85. The van der Waals surface area contributed by atoms with Crippen LogP contribution in [0.4, 0.5) is 0 Å².